The van der Waals surface area contributed by atoms with Crippen molar-refractivity contribution < 1.29 is 14.7 Å². The number of piperazine rings is 1. The SMILES string of the molecule is Cc1ccc(C(=O)Nc2ccc(N3CCN(CCO)CC3)cc2)cc1NC(=O)c1cncn1C. The number of rotatable bonds is 7. The summed E-state index contributed by atoms with van der Waals surface area (Å²) in [6.07, 6.45) is 3.06. The quantitative estimate of drug-likeness (QED) is 0.498. The molecular weight excluding hydrogens is 432 g/mol. The normalized spacial score (nSPS) is 14.1. The number of amides is 2. The number of nitrogens with zero attached hydrogens (tertiary/aromatic N) is 4. The molecule has 0 spiro atoms. The Kier molecular flexibility index (Phi) is 7.24. The molecule has 2 heterocycles. The Hall–Kier alpha value is -3.69. The molecule has 9 nitrogen and oxygen atoms in total. The van der Waals surface area contributed by atoms with Crippen LogP contribution in [0.1, 0.15) is 26.4 Å². The highest BCUT2D eigenvalue weighted by Crippen LogP contribution is 2.22. The number of carbonyl (C=O) groups excluding carboxylic acids is 2. The van der Waals surface area contributed by atoms with Crippen LogP contribution in [0.3, 0.4) is 0 Å². The van der Waals surface area contributed by atoms with Crippen molar-refractivity contribution in [1.29, 1.82) is 0 Å². The van der Waals surface area contributed by atoms with Crippen LogP contribution < -0.4 is 15.5 Å². The van der Waals surface area contributed by atoms with Crippen LogP contribution in [0, 0.1) is 6.92 Å². The van der Waals surface area contributed by atoms with Crippen molar-refractivity contribution >= 4 is 28.9 Å². The molecule has 1 aliphatic heterocycles. The van der Waals surface area contributed by atoms with E-state index in [-0.39, 0.29) is 18.4 Å². The highest BCUT2D eigenvalue weighted by Gasteiger charge is 2.17. The minimum Gasteiger partial charge on any atom is -0.395 e. The molecule has 1 aromatic heterocycles. The number of benzene rings is 2. The lowest BCUT2D eigenvalue weighted by molar-refractivity contribution is 0.101. The van der Waals surface area contributed by atoms with E-state index in [2.05, 4.69) is 25.4 Å². The topological polar surface area (TPSA) is 103 Å². The Morgan fingerprint density at radius 1 is 1.00 bits per heavy atom. The minimum absolute atomic E-state index is 0.188. The summed E-state index contributed by atoms with van der Waals surface area (Å²) in [6.45, 7) is 6.44. The number of carbonyl (C=O) groups is 2. The predicted molar refractivity (Wildman–Crippen MR) is 132 cm³/mol. The molecule has 1 fully saturated rings. The van der Waals surface area contributed by atoms with Crippen LogP contribution in [0.4, 0.5) is 17.1 Å². The molecule has 3 N–H and O–H groups in total. The first-order valence-corrected chi connectivity index (χ1v) is 11.3. The first-order valence-electron chi connectivity index (χ1n) is 11.3. The number of imidazole rings is 1. The summed E-state index contributed by atoms with van der Waals surface area (Å²) in [4.78, 5) is 33.9. The number of aryl methyl sites for hydroxylation is 2. The third-order valence-electron chi connectivity index (χ3n) is 6.08. The molecular formula is C25H30N6O3. The summed E-state index contributed by atoms with van der Waals surface area (Å²) in [5, 5.41) is 14.9. The van der Waals surface area contributed by atoms with Crippen molar-refractivity contribution in [3.8, 4) is 0 Å². The minimum atomic E-state index is -0.284. The Morgan fingerprint density at radius 2 is 1.74 bits per heavy atom. The molecule has 0 radical (unpaired) electrons. The smallest absolute Gasteiger partial charge is 0.273 e. The van der Waals surface area contributed by atoms with Gasteiger partial charge in [0.1, 0.15) is 5.69 Å². The number of aliphatic hydroxyl groups excluding tert-OH is 1. The summed E-state index contributed by atoms with van der Waals surface area (Å²) >= 11 is 0. The molecule has 3 aromatic rings. The molecule has 9 heteroatoms. The highest BCUT2D eigenvalue weighted by atomic mass is 16.3. The van der Waals surface area contributed by atoms with Crippen LogP contribution in [0.5, 0.6) is 0 Å². The second kappa shape index (κ2) is 10.5. The van der Waals surface area contributed by atoms with E-state index in [1.807, 2.05) is 37.3 Å². The fraction of sp³-hybridized carbons (Fsp3) is 0.320. The second-order valence-electron chi connectivity index (χ2n) is 8.43. The van der Waals surface area contributed by atoms with Gasteiger partial charge < -0.3 is 25.2 Å². The third kappa shape index (κ3) is 5.44. The Morgan fingerprint density at radius 3 is 2.38 bits per heavy atom. The molecule has 0 saturated carbocycles. The van der Waals surface area contributed by atoms with Crippen molar-refractivity contribution in [2.75, 3.05) is 54.9 Å². The van der Waals surface area contributed by atoms with E-state index in [9.17, 15) is 9.59 Å². The maximum atomic E-state index is 12.9. The number of aliphatic hydroxyl groups is 1. The predicted octanol–water partition coefficient (Wildman–Crippen LogP) is 2.35. The zero-order chi connectivity index (χ0) is 24.1. The van der Waals surface area contributed by atoms with E-state index in [0.29, 0.717) is 29.2 Å². The Balaban J connectivity index is 1.38. The van der Waals surface area contributed by atoms with E-state index >= 15 is 0 Å². The number of β-amino-alcohol motifs (C(OH)–C–C–N with tert-alkyl or cyclic N) is 1. The first-order chi connectivity index (χ1) is 16.4. The fourth-order valence-corrected chi connectivity index (χ4v) is 3.99. The van der Waals surface area contributed by atoms with E-state index < -0.39 is 0 Å². The number of nitrogens with one attached hydrogen (secondary N) is 2. The highest BCUT2D eigenvalue weighted by molar-refractivity contribution is 6.07. The van der Waals surface area contributed by atoms with Crippen molar-refractivity contribution in [2.45, 2.75) is 6.92 Å². The van der Waals surface area contributed by atoms with Crippen molar-refractivity contribution in [3.63, 3.8) is 0 Å². The maximum absolute atomic E-state index is 12.9. The first kappa shape index (κ1) is 23.5. The van der Waals surface area contributed by atoms with Gasteiger partial charge in [-0.1, -0.05) is 6.07 Å². The van der Waals surface area contributed by atoms with Gasteiger partial charge in [-0.15, -0.1) is 0 Å². The second-order valence-corrected chi connectivity index (χ2v) is 8.43. The molecule has 34 heavy (non-hydrogen) atoms. The van der Waals surface area contributed by atoms with Gasteiger partial charge in [0.25, 0.3) is 11.8 Å². The molecule has 178 valence electrons. The van der Waals surface area contributed by atoms with Gasteiger partial charge in [0.2, 0.25) is 0 Å². The van der Waals surface area contributed by atoms with Gasteiger partial charge in [-0.05, 0) is 48.9 Å². The van der Waals surface area contributed by atoms with E-state index in [0.717, 1.165) is 37.4 Å². The van der Waals surface area contributed by atoms with Crippen LogP contribution in [0.25, 0.3) is 0 Å². The largest absolute Gasteiger partial charge is 0.395 e. The van der Waals surface area contributed by atoms with Crippen LogP contribution in [-0.2, 0) is 7.05 Å². The van der Waals surface area contributed by atoms with Gasteiger partial charge in [0.15, 0.2) is 0 Å². The standard InChI is InChI=1S/C25H30N6O3/c1-18-3-4-19(15-22(18)28-25(34)23-16-26-17-29(23)2)24(33)27-20-5-7-21(8-6-20)31-11-9-30(10-12-31)13-14-32/h3-8,15-17,32H,9-14H2,1-2H3,(H,27,33)(H,28,34). The maximum Gasteiger partial charge on any atom is 0.273 e. The molecule has 0 atom stereocenters. The average Bonchev–Trinajstić information content (AvgIpc) is 3.27. The molecule has 1 aliphatic rings. The molecule has 0 bridgehead atoms. The zero-order valence-electron chi connectivity index (χ0n) is 19.5. The summed E-state index contributed by atoms with van der Waals surface area (Å²) in [6, 6.07) is 13.0. The van der Waals surface area contributed by atoms with Crippen molar-refractivity contribution in [1.82, 2.24) is 14.5 Å². The van der Waals surface area contributed by atoms with E-state index in [1.165, 1.54) is 6.20 Å². The van der Waals surface area contributed by atoms with Crippen LogP contribution in [0.15, 0.2) is 55.0 Å². The number of aromatic nitrogens is 2. The van der Waals surface area contributed by atoms with Crippen molar-refractivity contribution in [2.24, 2.45) is 7.05 Å². The number of anilines is 3. The van der Waals surface area contributed by atoms with Gasteiger partial charge in [0, 0.05) is 62.4 Å². The lowest BCUT2D eigenvalue weighted by atomic mass is 10.1. The third-order valence-corrected chi connectivity index (χ3v) is 6.08. The molecule has 2 aromatic carbocycles. The molecule has 1 saturated heterocycles. The molecule has 2 amide bonds. The number of hydrogen-bond acceptors (Lipinski definition) is 6. The summed E-state index contributed by atoms with van der Waals surface area (Å²) in [5.41, 5.74) is 4.13. The lowest BCUT2D eigenvalue weighted by Crippen LogP contribution is -2.47. The van der Waals surface area contributed by atoms with E-state index in [4.69, 9.17) is 5.11 Å². The van der Waals surface area contributed by atoms with Crippen LogP contribution >= 0.6 is 0 Å². The van der Waals surface area contributed by atoms with Gasteiger partial charge in [-0.2, -0.15) is 0 Å². The summed E-state index contributed by atoms with van der Waals surface area (Å²) in [5.74, 6) is -0.533. The zero-order valence-corrected chi connectivity index (χ0v) is 19.5. The van der Waals surface area contributed by atoms with E-state index in [1.54, 1.807) is 30.1 Å². The van der Waals surface area contributed by atoms with Gasteiger partial charge in [-0.25, -0.2) is 4.98 Å². The lowest BCUT2D eigenvalue weighted by Gasteiger charge is -2.35. The molecule has 0 aliphatic carbocycles. The molecule has 4 rings (SSSR count). The molecule has 0 unspecified atom stereocenters. The summed E-state index contributed by atoms with van der Waals surface area (Å²) in [7, 11) is 1.75. The average molecular weight is 463 g/mol. The Labute approximate surface area is 199 Å². The van der Waals surface area contributed by atoms with Crippen LogP contribution in [-0.4, -0.2) is 70.7 Å². The van der Waals surface area contributed by atoms with Gasteiger partial charge in [-0.3, -0.25) is 14.5 Å². The number of hydrogen-bond donors (Lipinski definition) is 3. The van der Waals surface area contributed by atoms with Gasteiger partial charge >= 0.3 is 0 Å². The van der Waals surface area contributed by atoms with Crippen molar-refractivity contribution in [3.05, 3.63) is 71.8 Å². The Bertz CT molecular complexity index is 1150. The van der Waals surface area contributed by atoms with Crippen LogP contribution in [0.2, 0.25) is 0 Å². The monoisotopic (exact) mass is 462 g/mol. The fourth-order valence-electron chi connectivity index (χ4n) is 3.99. The summed E-state index contributed by atoms with van der Waals surface area (Å²) < 4.78 is 1.64. The van der Waals surface area contributed by atoms with Gasteiger partial charge in [0.05, 0.1) is 19.1 Å².